The summed E-state index contributed by atoms with van der Waals surface area (Å²) < 4.78 is 0. The minimum Gasteiger partial charge on any atom is -0.355 e. The lowest BCUT2D eigenvalue weighted by atomic mass is 9.84. The SMILES string of the molecule is CC(C)(CNC(=O)CC1CCCCC1)c1ccc(Cl)c(Cl)c1. The van der Waals surface area contributed by atoms with E-state index in [0.717, 1.165) is 5.56 Å². The van der Waals surface area contributed by atoms with E-state index in [2.05, 4.69) is 19.2 Å². The Kier molecular flexibility index (Phi) is 6.17. The van der Waals surface area contributed by atoms with Crippen LogP contribution >= 0.6 is 23.2 Å². The summed E-state index contributed by atoms with van der Waals surface area (Å²) in [6.07, 6.45) is 6.92. The van der Waals surface area contributed by atoms with Gasteiger partial charge in [-0.25, -0.2) is 0 Å². The summed E-state index contributed by atoms with van der Waals surface area (Å²) >= 11 is 12.1. The summed E-state index contributed by atoms with van der Waals surface area (Å²) in [5, 5.41) is 4.20. The highest BCUT2D eigenvalue weighted by molar-refractivity contribution is 6.42. The molecule has 1 saturated carbocycles. The zero-order valence-electron chi connectivity index (χ0n) is 13.4. The summed E-state index contributed by atoms with van der Waals surface area (Å²) in [6, 6.07) is 5.67. The first-order chi connectivity index (χ1) is 10.4. The average Bonchev–Trinajstić information content (AvgIpc) is 2.49. The Balaban J connectivity index is 1.88. The van der Waals surface area contributed by atoms with Crippen LogP contribution in [0, 0.1) is 5.92 Å². The predicted octanol–water partition coefficient (Wildman–Crippen LogP) is 5.36. The molecule has 0 heterocycles. The molecule has 22 heavy (non-hydrogen) atoms. The fraction of sp³-hybridized carbons (Fsp3) is 0.611. The van der Waals surface area contributed by atoms with Gasteiger partial charge in [0.2, 0.25) is 5.91 Å². The Hall–Kier alpha value is -0.730. The van der Waals surface area contributed by atoms with Gasteiger partial charge in [0.25, 0.3) is 0 Å². The van der Waals surface area contributed by atoms with E-state index in [4.69, 9.17) is 23.2 Å². The number of hydrogen-bond donors (Lipinski definition) is 1. The largest absolute Gasteiger partial charge is 0.355 e. The molecule has 0 atom stereocenters. The second kappa shape index (κ2) is 7.70. The van der Waals surface area contributed by atoms with Gasteiger partial charge in [-0.3, -0.25) is 4.79 Å². The molecule has 2 rings (SSSR count). The van der Waals surface area contributed by atoms with E-state index < -0.39 is 0 Å². The molecule has 0 aromatic heterocycles. The molecule has 1 amide bonds. The van der Waals surface area contributed by atoms with Crippen molar-refractivity contribution in [3.63, 3.8) is 0 Å². The normalized spacial score (nSPS) is 16.5. The van der Waals surface area contributed by atoms with Crippen molar-refractivity contribution in [2.24, 2.45) is 5.92 Å². The lowest BCUT2D eigenvalue weighted by Crippen LogP contribution is -2.37. The molecule has 1 aliphatic rings. The van der Waals surface area contributed by atoms with Gasteiger partial charge in [-0.1, -0.05) is 62.4 Å². The summed E-state index contributed by atoms with van der Waals surface area (Å²) in [4.78, 5) is 12.2. The van der Waals surface area contributed by atoms with Crippen molar-refractivity contribution in [3.8, 4) is 0 Å². The van der Waals surface area contributed by atoms with Crippen LogP contribution in [-0.2, 0) is 10.2 Å². The zero-order chi connectivity index (χ0) is 16.2. The minimum atomic E-state index is -0.170. The topological polar surface area (TPSA) is 29.1 Å². The zero-order valence-corrected chi connectivity index (χ0v) is 14.9. The fourth-order valence-electron chi connectivity index (χ4n) is 3.06. The molecule has 1 aromatic carbocycles. The molecule has 1 aromatic rings. The monoisotopic (exact) mass is 341 g/mol. The second-order valence-corrected chi connectivity index (χ2v) is 7.81. The first-order valence-electron chi connectivity index (χ1n) is 8.11. The molecule has 0 unspecified atom stereocenters. The first kappa shape index (κ1) is 17.6. The number of amides is 1. The Bertz CT molecular complexity index is 522. The first-order valence-corrected chi connectivity index (χ1v) is 8.86. The van der Waals surface area contributed by atoms with E-state index in [0.29, 0.717) is 28.9 Å². The van der Waals surface area contributed by atoms with Crippen molar-refractivity contribution in [3.05, 3.63) is 33.8 Å². The number of halogens is 2. The van der Waals surface area contributed by atoms with Crippen LogP contribution in [0.2, 0.25) is 10.0 Å². The Morgan fingerprint density at radius 1 is 1.18 bits per heavy atom. The lowest BCUT2D eigenvalue weighted by Gasteiger charge is -2.27. The molecule has 1 aliphatic carbocycles. The van der Waals surface area contributed by atoms with Crippen molar-refractivity contribution < 1.29 is 4.79 Å². The predicted molar refractivity (Wildman–Crippen MR) is 93.7 cm³/mol. The molecule has 0 radical (unpaired) electrons. The highest BCUT2D eigenvalue weighted by Gasteiger charge is 2.23. The summed E-state index contributed by atoms with van der Waals surface area (Å²) in [6.45, 7) is 4.82. The fourth-order valence-corrected chi connectivity index (χ4v) is 3.36. The van der Waals surface area contributed by atoms with Gasteiger partial charge in [0.1, 0.15) is 0 Å². The van der Waals surface area contributed by atoms with Crippen LogP contribution in [0.4, 0.5) is 0 Å². The van der Waals surface area contributed by atoms with E-state index >= 15 is 0 Å². The Morgan fingerprint density at radius 3 is 2.50 bits per heavy atom. The molecular weight excluding hydrogens is 317 g/mol. The molecule has 1 fully saturated rings. The van der Waals surface area contributed by atoms with Gasteiger partial charge in [-0.05, 0) is 36.5 Å². The van der Waals surface area contributed by atoms with Gasteiger partial charge in [-0.2, -0.15) is 0 Å². The van der Waals surface area contributed by atoms with E-state index in [1.165, 1.54) is 32.1 Å². The molecule has 122 valence electrons. The standard InChI is InChI=1S/C18H25Cl2NO/c1-18(2,14-8-9-15(19)16(20)11-14)12-21-17(22)10-13-6-4-3-5-7-13/h8-9,11,13H,3-7,10,12H2,1-2H3,(H,21,22). The molecule has 2 nitrogen and oxygen atoms in total. The van der Waals surface area contributed by atoms with Gasteiger partial charge in [0, 0.05) is 18.4 Å². The summed E-state index contributed by atoms with van der Waals surface area (Å²) in [5.41, 5.74) is 0.913. The van der Waals surface area contributed by atoms with Crippen LogP contribution in [0.5, 0.6) is 0 Å². The van der Waals surface area contributed by atoms with Crippen LogP contribution in [-0.4, -0.2) is 12.5 Å². The highest BCUT2D eigenvalue weighted by atomic mass is 35.5. The van der Waals surface area contributed by atoms with Gasteiger partial charge in [-0.15, -0.1) is 0 Å². The van der Waals surface area contributed by atoms with E-state index in [9.17, 15) is 4.79 Å². The summed E-state index contributed by atoms with van der Waals surface area (Å²) in [7, 11) is 0. The Morgan fingerprint density at radius 2 is 1.86 bits per heavy atom. The van der Waals surface area contributed by atoms with Crippen molar-refractivity contribution in [2.75, 3.05) is 6.54 Å². The number of rotatable bonds is 5. The average molecular weight is 342 g/mol. The third-order valence-electron chi connectivity index (χ3n) is 4.63. The van der Waals surface area contributed by atoms with Crippen molar-refractivity contribution in [1.29, 1.82) is 0 Å². The number of hydrogen-bond acceptors (Lipinski definition) is 1. The quantitative estimate of drug-likeness (QED) is 0.767. The second-order valence-electron chi connectivity index (χ2n) is 7.00. The van der Waals surface area contributed by atoms with E-state index in [1.54, 1.807) is 0 Å². The summed E-state index contributed by atoms with van der Waals surface area (Å²) in [5.74, 6) is 0.738. The van der Waals surface area contributed by atoms with Crippen LogP contribution in [0.15, 0.2) is 18.2 Å². The molecule has 1 N–H and O–H groups in total. The molecule has 4 heteroatoms. The maximum atomic E-state index is 12.2. The van der Waals surface area contributed by atoms with Gasteiger partial charge in [0.15, 0.2) is 0 Å². The van der Waals surface area contributed by atoms with Gasteiger partial charge >= 0.3 is 0 Å². The lowest BCUT2D eigenvalue weighted by molar-refractivity contribution is -0.122. The Labute approximate surface area is 143 Å². The number of carbonyl (C=O) groups excluding carboxylic acids is 1. The van der Waals surface area contributed by atoms with E-state index in [1.807, 2.05) is 18.2 Å². The molecule has 0 bridgehead atoms. The van der Waals surface area contributed by atoms with Gasteiger partial charge < -0.3 is 5.32 Å². The molecule has 0 spiro atoms. The maximum absolute atomic E-state index is 12.2. The van der Waals surface area contributed by atoms with Crippen molar-refractivity contribution in [1.82, 2.24) is 5.32 Å². The van der Waals surface area contributed by atoms with Gasteiger partial charge in [0.05, 0.1) is 10.0 Å². The van der Waals surface area contributed by atoms with E-state index in [-0.39, 0.29) is 11.3 Å². The highest BCUT2D eigenvalue weighted by Crippen LogP contribution is 2.30. The van der Waals surface area contributed by atoms with Crippen LogP contribution in [0.3, 0.4) is 0 Å². The number of benzene rings is 1. The third kappa shape index (κ3) is 4.89. The van der Waals surface area contributed by atoms with Crippen LogP contribution in [0.25, 0.3) is 0 Å². The third-order valence-corrected chi connectivity index (χ3v) is 5.37. The van der Waals surface area contributed by atoms with Crippen LogP contribution < -0.4 is 5.32 Å². The van der Waals surface area contributed by atoms with Crippen LogP contribution in [0.1, 0.15) is 57.9 Å². The van der Waals surface area contributed by atoms with Crippen molar-refractivity contribution >= 4 is 29.1 Å². The minimum absolute atomic E-state index is 0.167. The van der Waals surface area contributed by atoms with Crippen molar-refractivity contribution in [2.45, 2.75) is 57.8 Å². The molecule has 0 saturated heterocycles. The number of carbonyl (C=O) groups is 1. The molecule has 0 aliphatic heterocycles. The maximum Gasteiger partial charge on any atom is 0.220 e. The smallest absolute Gasteiger partial charge is 0.220 e. The number of nitrogens with one attached hydrogen (secondary N) is 1. The molecular formula is C18H25Cl2NO.